The number of likely N-dealkylation sites (tertiary alicyclic amines) is 1. The Kier molecular flexibility index (Phi) is 4.19. The van der Waals surface area contributed by atoms with Crippen LogP contribution in [-0.4, -0.2) is 44.5 Å². The average molecular weight is 299 g/mol. The summed E-state index contributed by atoms with van der Waals surface area (Å²) in [4.78, 5) is 2.49. The highest BCUT2D eigenvalue weighted by molar-refractivity contribution is 7.89. The fraction of sp³-hybridized carbons (Fsp3) is 0.417. The van der Waals surface area contributed by atoms with Gasteiger partial charge in [0.25, 0.3) is 0 Å². The highest BCUT2D eigenvalue weighted by Crippen LogP contribution is 2.14. The molecule has 1 saturated heterocycles. The van der Waals surface area contributed by atoms with E-state index >= 15 is 0 Å². The molecule has 1 aromatic carbocycles. The smallest absolute Gasteiger partial charge is 0.240 e. The van der Waals surface area contributed by atoms with E-state index in [4.69, 9.17) is 18.0 Å². The summed E-state index contributed by atoms with van der Waals surface area (Å²) in [5.41, 5.74) is 6.07. The van der Waals surface area contributed by atoms with Crippen molar-refractivity contribution < 1.29 is 8.42 Å². The Bertz CT molecular complexity index is 586. The molecule has 0 radical (unpaired) electrons. The highest BCUT2D eigenvalue weighted by Gasteiger charge is 2.25. The number of nitrogens with two attached hydrogens (primary N) is 1. The zero-order valence-corrected chi connectivity index (χ0v) is 12.3. The second-order valence-corrected chi connectivity index (χ2v) is 6.92. The number of nitrogens with zero attached hydrogens (tertiary/aromatic N) is 1. The largest absolute Gasteiger partial charge is 0.389 e. The van der Waals surface area contributed by atoms with Crippen LogP contribution >= 0.6 is 12.2 Å². The molecule has 3 N–H and O–H groups in total. The topological polar surface area (TPSA) is 75.4 Å². The third kappa shape index (κ3) is 3.50. The Morgan fingerprint density at radius 3 is 2.84 bits per heavy atom. The first-order valence-corrected chi connectivity index (χ1v) is 7.88. The van der Waals surface area contributed by atoms with Gasteiger partial charge in [0.15, 0.2) is 0 Å². The van der Waals surface area contributed by atoms with Gasteiger partial charge < -0.3 is 10.6 Å². The molecule has 0 aromatic heterocycles. The summed E-state index contributed by atoms with van der Waals surface area (Å²) in [5.74, 6) is 0. The number of sulfonamides is 1. The molecule has 19 heavy (non-hydrogen) atoms. The van der Waals surface area contributed by atoms with Gasteiger partial charge in [-0.25, -0.2) is 13.1 Å². The van der Waals surface area contributed by atoms with Crippen LogP contribution in [0.4, 0.5) is 0 Å². The van der Waals surface area contributed by atoms with Gasteiger partial charge in [-0.3, -0.25) is 0 Å². The molecule has 0 bridgehead atoms. The van der Waals surface area contributed by atoms with Crippen molar-refractivity contribution in [3.05, 3.63) is 29.8 Å². The second-order valence-electron chi connectivity index (χ2n) is 4.76. The molecular formula is C12H17N3O2S2. The van der Waals surface area contributed by atoms with E-state index in [0.717, 1.165) is 19.5 Å². The maximum atomic E-state index is 12.3. The fourth-order valence-corrected chi connectivity index (χ4v) is 3.57. The first-order chi connectivity index (χ1) is 8.88. The van der Waals surface area contributed by atoms with Crippen LogP contribution in [0.3, 0.4) is 0 Å². The summed E-state index contributed by atoms with van der Waals surface area (Å²) >= 11 is 4.86. The minimum atomic E-state index is -3.52. The minimum absolute atomic E-state index is 0.0384. The van der Waals surface area contributed by atoms with Gasteiger partial charge in [0.2, 0.25) is 10.0 Å². The van der Waals surface area contributed by atoms with Crippen LogP contribution in [0, 0.1) is 0 Å². The molecule has 1 heterocycles. The summed E-state index contributed by atoms with van der Waals surface area (Å²) in [6.07, 6.45) is 0.824. The summed E-state index contributed by atoms with van der Waals surface area (Å²) < 4.78 is 27.2. The number of likely N-dealkylation sites (N-methyl/N-ethyl adjacent to an activating group) is 1. The number of rotatable bonds is 4. The zero-order chi connectivity index (χ0) is 14.0. The predicted molar refractivity (Wildman–Crippen MR) is 78.6 cm³/mol. The number of hydrogen-bond donors (Lipinski definition) is 2. The first kappa shape index (κ1) is 14.4. The highest BCUT2D eigenvalue weighted by atomic mass is 32.2. The molecule has 1 aliphatic heterocycles. The van der Waals surface area contributed by atoms with Crippen LogP contribution in [0.2, 0.25) is 0 Å². The molecule has 7 heteroatoms. The van der Waals surface area contributed by atoms with Crippen molar-refractivity contribution in [2.24, 2.45) is 5.73 Å². The normalized spacial score (nSPS) is 20.6. The Hall–Kier alpha value is -1.02. The van der Waals surface area contributed by atoms with Crippen molar-refractivity contribution in [1.29, 1.82) is 0 Å². The van der Waals surface area contributed by atoms with Gasteiger partial charge in [-0.2, -0.15) is 0 Å². The van der Waals surface area contributed by atoms with Gasteiger partial charge >= 0.3 is 0 Å². The zero-order valence-electron chi connectivity index (χ0n) is 10.7. The molecule has 0 amide bonds. The molecule has 1 fully saturated rings. The average Bonchev–Trinajstić information content (AvgIpc) is 2.74. The molecule has 1 aromatic rings. The summed E-state index contributed by atoms with van der Waals surface area (Å²) in [6.45, 7) is 1.63. The number of thiocarbonyl (C=S) groups is 1. The molecule has 2 rings (SSSR count). The quantitative estimate of drug-likeness (QED) is 0.782. The molecule has 104 valence electrons. The fourth-order valence-electron chi connectivity index (χ4n) is 2.14. The Morgan fingerprint density at radius 2 is 2.26 bits per heavy atom. The van der Waals surface area contributed by atoms with Crippen molar-refractivity contribution in [2.45, 2.75) is 17.4 Å². The standard InChI is InChI=1S/C12H17N3O2S2/c1-15-6-5-10(8-15)14-19(16,17)11-4-2-3-9(7-11)12(13)18/h2-4,7,10,14H,5-6,8H2,1H3,(H2,13,18). The maximum Gasteiger partial charge on any atom is 0.240 e. The molecule has 0 aliphatic carbocycles. The first-order valence-electron chi connectivity index (χ1n) is 5.99. The molecule has 5 nitrogen and oxygen atoms in total. The van der Waals surface area contributed by atoms with E-state index in [9.17, 15) is 8.42 Å². The van der Waals surface area contributed by atoms with Crippen molar-refractivity contribution in [3.8, 4) is 0 Å². The minimum Gasteiger partial charge on any atom is -0.389 e. The van der Waals surface area contributed by atoms with Gasteiger partial charge in [0.05, 0.1) is 4.90 Å². The van der Waals surface area contributed by atoms with E-state index < -0.39 is 10.0 Å². The van der Waals surface area contributed by atoms with E-state index in [2.05, 4.69) is 9.62 Å². The maximum absolute atomic E-state index is 12.3. The Balaban J connectivity index is 2.19. The van der Waals surface area contributed by atoms with Gasteiger partial charge in [-0.15, -0.1) is 0 Å². The summed E-state index contributed by atoms with van der Waals surface area (Å²) in [7, 11) is -1.54. The molecule has 1 aliphatic rings. The number of benzene rings is 1. The van der Waals surface area contributed by atoms with Crippen LogP contribution in [0.1, 0.15) is 12.0 Å². The van der Waals surface area contributed by atoms with Crippen molar-refractivity contribution in [3.63, 3.8) is 0 Å². The van der Waals surface area contributed by atoms with Gasteiger partial charge in [0.1, 0.15) is 4.99 Å². The second kappa shape index (κ2) is 5.54. The third-order valence-electron chi connectivity index (χ3n) is 3.14. The van der Waals surface area contributed by atoms with Crippen molar-refractivity contribution >= 4 is 27.2 Å². The Morgan fingerprint density at radius 1 is 1.53 bits per heavy atom. The molecule has 1 unspecified atom stereocenters. The van der Waals surface area contributed by atoms with Crippen LogP contribution < -0.4 is 10.5 Å². The van der Waals surface area contributed by atoms with E-state index in [1.165, 1.54) is 6.07 Å². The molecule has 0 spiro atoms. The van der Waals surface area contributed by atoms with E-state index in [1.807, 2.05) is 7.05 Å². The van der Waals surface area contributed by atoms with Crippen molar-refractivity contribution in [1.82, 2.24) is 9.62 Å². The lowest BCUT2D eigenvalue weighted by molar-refractivity contribution is 0.407. The summed E-state index contributed by atoms with van der Waals surface area (Å²) in [6, 6.07) is 6.35. The lowest BCUT2D eigenvalue weighted by Gasteiger charge is -2.13. The van der Waals surface area contributed by atoms with Crippen LogP contribution in [0.15, 0.2) is 29.2 Å². The Labute approximate surface area is 118 Å². The van der Waals surface area contributed by atoms with Gasteiger partial charge in [-0.1, -0.05) is 24.4 Å². The lowest BCUT2D eigenvalue weighted by atomic mass is 10.2. The van der Waals surface area contributed by atoms with Crippen LogP contribution in [0.5, 0.6) is 0 Å². The van der Waals surface area contributed by atoms with E-state index in [-0.39, 0.29) is 15.9 Å². The number of nitrogens with one attached hydrogen (secondary N) is 1. The van der Waals surface area contributed by atoms with Crippen LogP contribution in [0.25, 0.3) is 0 Å². The van der Waals surface area contributed by atoms with Crippen molar-refractivity contribution in [2.75, 3.05) is 20.1 Å². The predicted octanol–water partition coefficient (Wildman–Crippen LogP) is 0.303. The molecular weight excluding hydrogens is 282 g/mol. The van der Waals surface area contributed by atoms with E-state index in [0.29, 0.717) is 5.56 Å². The summed E-state index contributed by atoms with van der Waals surface area (Å²) in [5, 5.41) is 0. The molecule has 1 atom stereocenters. The van der Waals surface area contributed by atoms with Gasteiger partial charge in [-0.05, 0) is 32.1 Å². The van der Waals surface area contributed by atoms with Crippen LogP contribution in [-0.2, 0) is 10.0 Å². The monoisotopic (exact) mass is 299 g/mol. The number of hydrogen-bond acceptors (Lipinski definition) is 4. The van der Waals surface area contributed by atoms with E-state index in [1.54, 1.807) is 18.2 Å². The van der Waals surface area contributed by atoms with Gasteiger partial charge in [0, 0.05) is 18.2 Å². The molecule has 0 saturated carbocycles. The lowest BCUT2D eigenvalue weighted by Crippen LogP contribution is -2.36. The SMILES string of the molecule is CN1CCC(NS(=O)(=O)c2cccc(C(N)=S)c2)C1. The third-order valence-corrected chi connectivity index (χ3v) is 4.90.